The second-order valence-electron chi connectivity index (χ2n) is 7.77. The van der Waals surface area contributed by atoms with Gasteiger partial charge in [-0.3, -0.25) is 4.79 Å². The van der Waals surface area contributed by atoms with Crippen molar-refractivity contribution in [2.75, 3.05) is 4.90 Å². The Morgan fingerprint density at radius 1 is 1.07 bits per heavy atom. The van der Waals surface area contributed by atoms with Crippen LogP contribution in [0.4, 0.5) is 5.69 Å². The average molecular weight is 367 g/mol. The van der Waals surface area contributed by atoms with Crippen LogP contribution in [-0.2, 0) is 21.5 Å². The van der Waals surface area contributed by atoms with Gasteiger partial charge in [-0.1, -0.05) is 63.2 Å². The SMILES string of the molecule is CC(C)c1ccc(CN2c3ccccc3C(C)(CC(=O)O)C2C(=O)O)cc1. The predicted octanol–water partition coefficient (Wildman–Crippen LogP) is 4.02. The summed E-state index contributed by atoms with van der Waals surface area (Å²) in [5.74, 6) is -1.58. The summed E-state index contributed by atoms with van der Waals surface area (Å²) in [7, 11) is 0. The van der Waals surface area contributed by atoms with Gasteiger partial charge >= 0.3 is 11.9 Å². The molecule has 0 spiro atoms. The summed E-state index contributed by atoms with van der Waals surface area (Å²) >= 11 is 0. The van der Waals surface area contributed by atoms with Crippen molar-refractivity contribution in [3.8, 4) is 0 Å². The van der Waals surface area contributed by atoms with E-state index in [1.54, 1.807) is 6.92 Å². The van der Waals surface area contributed by atoms with E-state index >= 15 is 0 Å². The highest BCUT2D eigenvalue weighted by Gasteiger charge is 2.52. The van der Waals surface area contributed by atoms with Crippen LogP contribution in [0.3, 0.4) is 0 Å². The fourth-order valence-electron chi connectivity index (χ4n) is 4.13. The van der Waals surface area contributed by atoms with E-state index in [-0.39, 0.29) is 6.42 Å². The predicted molar refractivity (Wildman–Crippen MR) is 104 cm³/mol. The molecule has 2 atom stereocenters. The zero-order chi connectivity index (χ0) is 19.8. The zero-order valence-electron chi connectivity index (χ0n) is 15.8. The largest absolute Gasteiger partial charge is 0.481 e. The van der Waals surface area contributed by atoms with Gasteiger partial charge < -0.3 is 15.1 Å². The van der Waals surface area contributed by atoms with Crippen molar-refractivity contribution in [1.82, 2.24) is 0 Å². The first-order valence-corrected chi connectivity index (χ1v) is 9.13. The third kappa shape index (κ3) is 3.42. The Morgan fingerprint density at radius 2 is 1.70 bits per heavy atom. The Balaban J connectivity index is 2.02. The molecule has 1 heterocycles. The monoisotopic (exact) mass is 367 g/mol. The molecule has 2 aromatic rings. The number of fused-ring (bicyclic) bond motifs is 1. The summed E-state index contributed by atoms with van der Waals surface area (Å²) < 4.78 is 0. The minimum absolute atomic E-state index is 0.232. The molecule has 2 unspecified atom stereocenters. The van der Waals surface area contributed by atoms with Crippen molar-refractivity contribution in [3.63, 3.8) is 0 Å². The summed E-state index contributed by atoms with van der Waals surface area (Å²) in [6.45, 7) is 6.41. The van der Waals surface area contributed by atoms with Crippen LogP contribution in [0.1, 0.15) is 49.8 Å². The third-order valence-corrected chi connectivity index (χ3v) is 5.50. The fourth-order valence-corrected chi connectivity index (χ4v) is 4.13. The molecular weight excluding hydrogens is 342 g/mol. The second kappa shape index (κ2) is 7.06. The van der Waals surface area contributed by atoms with Gasteiger partial charge in [0.1, 0.15) is 6.04 Å². The molecule has 142 valence electrons. The van der Waals surface area contributed by atoms with Crippen molar-refractivity contribution in [2.24, 2.45) is 0 Å². The highest BCUT2D eigenvalue weighted by atomic mass is 16.4. The summed E-state index contributed by atoms with van der Waals surface area (Å²) in [4.78, 5) is 25.5. The van der Waals surface area contributed by atoms with Crippen LogP contribution in [0.25, 0.3) is 0 Å². The third-order valence-electron chi connectivity index (χ3n) is 5.50. The number of nitrogens with zero attached hydrogens (tertiary/aromatic N) is 1. The van der Waals surface area contributed by atoms with Gasteiger partial charge in [-0.2, -0.15) is 0 Å². The van der Waals surface area contributed by atoms with E-state index in [1.807, 2.05) is 41.3 Å². The number of hydrogen-bond donors (Lipinski definition) is 2. The van der Waals surface area contributed by atoms with Crippen molar-refractivity contribution in [1.29, 1.82) is 0 Å². The number of carboxylic acids is 2. The van der Waals surface area contributed by atoms with Gasteiger partial charge in [0.05, 0.1) is 6.42 Å². The lowest BCUT2D eigenvalue weighted by atomic mass is 9.75. The van der Waals surface area contributed by atoms with E-state index in [9.17, 15) is 19.8 Å². The van der Waals surface area contributed by atoms with Crippen LogP contribution in [0.15, 0.2) is 48.5 Å². The van der Waals surface area contributed by atoms with E-state index in [2.05, 4.69) is 26.0 Å². The number of carboxylic acid groups (broad SMARTS) is 2. The van der Waals surface area contributed by atoms with Crippen molar-refractivity contribution < 1.29 is 19.8 Å². The normalized spacial score (nSPS) is 21.3. The van der Waals surface area contributed by atoms with Crippen molar-refractivity contribution >= 4 is 17.6 Å². The minimum Gasteiger partial charge on any atom is -0.481 e. The van der Waals surface area contributed by atoms with E-state index in [1.165, 1.54) is 5.56 Å². The van der Waals surface area contributed by atoms with Gasteiger partial charge in [0.25, 0.3) is 0 Å². The molecule has 27 heavy (non-hydrogen) atoms. The van der Waals surface area contributed by atoms with Gasteiger partial charge in [0, 0.05) is 17.6 Å². The van der Waals surface area contributed by atoms with E-state index < -0.39 is 23.4 Å². The maximum Gasteiger partial charge on any atom is 0.327 e. The van der Waals surface area contributed by atoms with Crippen LogP contribution in [0, 0.1) is 0 Å². The summed E-state index contributed by atoms with van der Waals surface area (Å²) in [6, 6.07) is 14.6. The summed E-state index contributed by atoms with van der Waals surface area (Å²) in [5.41, 5.74) is 2.80. The number of para-hydroxylation sites is 1. The van der Waals surface area contributed by atoms with Crippen LogP contribution in [0.2, 0.25) is 0 Å². The summed E-state index contributed by atoms with van der Waals surface area (Å²) in [6.07, 6.45) is -0.232. The van der Waals surface area contributed by atoms with Gasteiger partial charge in [-0.05, 0) is 28.7 Å². The molecule has 0 fully saturated rings. The minimum atomic E-state index is -1.01. The van der Waals surface area contributed by atoms with Gasteiger partial charge in [-0.25, -0.2) is 4.79 Å². The van der Waals surface area contributed by atoms with Crippen LogP contribution < -0.4 is 4.90 Å². The van der Waals surface area contributed by atoms with Gasteiger partial charge in [-0.15, -0.1) is 0 Å². The smallest absolute Gasteiger partial charge is 0.327 e. The van der Waals surface area contributed by atoms with Crippen molar-refractivity contribution in [3.05, 3.63) is 65.2 Å². The van der Waals surface area contributed by atoms with E-state index in [0.29, 0.717) is 12.5 Å². The quantitative estimate of drug-likeness (QED) is 0.806. The molecule has 2 aromatic carbocycles. The van der Waals surface area contributed by atoms with Crippen LogP contribution in [-0.4, -0.2) is 28.2 Å². The lowest BCUT2D eigenvalue weighted by molar-refractivity contribution is -0.142. The van der Waals surface area contributed by atoms with Crippen LogP contribution >= 0.6 is 0 Å². The number of aliphatic carboxylic acids is 2. The number of rotatable bonds is 6. The molecule has 5 nitrogen and oxygen atoms in total. The summed E-state index contributed by atoms with van der Waals surface area (Å²) in [5, 5.41) is 19.4. The molecule has 0 bridgehead atoms. The van der Waals surface area contributed by atoms with Gasteiger partial charge in [0.2, 0.25) is 0 Å². The van der Waals surface area contributed by atoms with E-state index in [4.69, 9.17) is 0 Å². The first-order valence-electron chi connectivity index (χ1n) is 9.13. The molecule has 5 heteroatoms. The molecule has 1 aliphatic heterocycles. The Labute approximate surface area is 159 Å². The maximum absolute atomic E-state index is 12.2. The fraction of sp³-hybridized carbons (Fsp3) is 0.364. The first-order chi connectivity index (χ1) is 12.7. The molecule has 0 saturated carbocycles. The molecule has 2 N–H and O–H groups in total. The molecule has 0 aromatic heterocycles. The second-order valence-corrected chi connectivity index (χ2v) is 7.77. The molecular formula is C22H25NO4. The molecule has 3 rings (SSSR count). The molecule has 0 aliphatic carbocycles. The Morgan fingerprint density at radius 3 is 2.26 bits per heavy atom. The average Bonchev–Trinajstić information content (AvgIpc) is 2.83. The number of benzene rings is 2. The standard InChI is InChI=1S/C22H25NO4/c1-14(2)16-10-8-15(9-11-16)13-23-18-7-5-4-6-17(18)22(3,12-19(24)25)20(23)21(26)27/h4-11,14,20H,12-13H2,1-3H3,(H,24,25)(H,26,27). The molecule has 0 saturated heterocycles. The number of anilines is 1. The highest BCUT2D eigenvalue weighted by molar-refractivity contribution is 5.87. The molecule has 1 aliphatic rings. The maximum atomic E-state index is 12.2. The van der Waals surface area contributed by atoms with Crippen molar-refractivity contribution in [2.45, 2.75) is 51.1 Å². The van der Waals surface area contributed by atoms with E-state index in [0.717, 1.165) is 16.8 Å². The van der Waals surface area contributed by atoms with Gasteiger partial charge in [0.15, 0.2) is 0 Å². The Hall–Kier alpha value is -2.82. The lowest BCUT2D eigenvalue weighted by Crippen LogP contribution is -2.49. The first kappa shape index (κ1) is 19.0. The number of hydrogen-bond acceptors (Lipinski definition) is 3. The highest BCUT2D eigenvalue weighted by Crippen LogP contribution is 2.48. The topological polar surface area (TPSA) is 77.8 Å². The Kier molecular flexibility index (Phi) is 4.96. The Bertz CT molecular complexity index is 859. The zero-order valence-corrected chi connectivity index (χ0v) is 15.8. The van der Waals surface area contributed by atoms with Crippen LogP contribution in [0.5, 0.6) is 0 Å². The molecule has 0 radical (unpaired) electrons. The number of carbonyl (C=O) groups is 2. The lowest BCUT2D eigenvalue weighted by Gasteiger charge is -2.33. The molecule has 0 amide bonds.